The fraction of sp³-hybridized carbons (Fsp3) is 0.158. The molecule has 0 radical (unpaired) electrons. The van der Waals surface area contributed by atoms with E-state index in [1.807, 2.05) is 36.4 Å². The first-order chi connectivity index (χ1) is 11.6. The van der Waals surface area contributed by atoms with Gasteiger partial charge in [-0.3, -0.25) is 4.79 Å². The van der Waals surface area contributed by atoms with Gasteiger partial charge in [0.05, 0.1) is 10.0 Å². The monoisotopic (exact) mass is 358 g/mol. The van der Waals surface area contributed by atoms with Gasteiger partial charge < -0.3 is 5.32 Å². The van der Waals surface area contributed by atoms with Gasteiger partial charge in [0.2, 0.25) is 0 Å². The van der Waals surface area contributed by atoms with E-state index >= 15 is 0 Å². The molecule has 0 spiro atoms. The minimum absolute atomic E-state index is 0.0353. The van der Waals surface area contributed by atoms with Crippen LogP contribution in [-0.4, -0.2) is 12.5 Å². The van der Waals surface area contributed by atoms with Crippen LogP contribution in [0.4, 0.5) is 0 Å². The highest BCUT2D eigenvalue weighted by Crippen LogP contribution is 2.23. The average molecular weight is 359 g/mol. The highest BCUT2D eigenvalue weighted by atomic mass is 35.5. The van der Waals surface area contributed by atoms with Gasteiger partial charge in [-0.2, -0.15) is 5.26 Å². The largest absolute Gasteiger partial charge is 0.351 e. The molecular weight excluding hydrogens is 343 g/mol. The summed E-state index contributed by atoms with van der Waals surface area (Å²) in [6, 6.07) is 16.9. The third-order valence-electron chi connectivity index (χ3n) is 3.39. The van der Waals surface area contributed by atoms with Crippen molar-refractivity contribution < 1.29 is 4.79 Å². The molecule has 5 heteroatoms. The number of nitrogens with zero attached hydrogens (tertiary/aromatic N) is 1. The maximum atomic E-state index is 12.1. The fourth-order valence-electron chi connectivity index (χ4n) is 2.15. The normalized spacial score (nSPS) is 11.0. The molecule has 1 amide bonds. The Hall–Kier alpha value is -2.28. The Morgan fingerprint density at radius 3 is 2.54 bits per heavy atom. The van der Waals surface area contributed by atoms with E-state index in [0.29, 0.717) is 22.2 Å². The molecule has 0 aliphatic heterocycles. The summed E-state index contributed by atoms with van der Waals surface area (Å²) in [6.45, 7) is 0.508. The van der Waals surface area contributed by atoms with Crippen molar-refractivity contribution in [1.29, 1.82) is 5.26 Å². The van der Waals surface area contributed by atoms with E-state index in [4.69, 9.17) is 23.2 Å². The maximum absolute atomic E-state index is 12.1. The zero-order valence-electron chi connectivity index (χ0n) is 12.9. The fourth-order valence-corrected chi connectivity index (χ4v) is 2.46. The summed E-state index contributed by atoms with van der Waals surface area (Å²) in [5, 5.41) is 12.7. The SMILES string of the molecule is N#C/C(=C/c1ccc(Cl)c(Cl)c1)C(=O)NCCCc1ccccc1. The lowest BCUT2D eigenvalue weighted by Gasteiger charge is -2.05. The molecular formula is C19H16Cl2N2O. The number of halogens is 2. The quantitative estimate of drug-likeness (QED) is 0.464. The second-order valence-electron chi connectivity index (χ2n) is 5.19. The Bertz CT molecular complexity index is 780. The van der Waals surface area contributed by atoms with Crippen LogP contribution in [-0.2, 0) is 11.2 Å². The maximum Gasteiger partial charge on any atom is 0.261 e. The Morgan fingerprint density at radius 2 is 1.88 bits per heavy atom. The second kappa shape index (κ2) is 9.12. The van der Waals surface area contributed by atoms with Crippen LogP contribution in [0, 0.1) is 11.3 Å². The third kappa shape index (κ3) is 5.42. The van der Waals surface area contributed by atoms with Crippen LogP contribution in [0.5, 0.6) is 0 Å². The third-order valence-corrected chi connectivity index (χ3v) is 4.13. The molecule has 24 heavy (non-hydrogen) atoms. The van der Waals surface area contributed by atoms with Crippen molar-refractivity contribution in [2.24, 2.45) is 0 Å². The molecule has 0 saturated heterocycles. The number of nitrogens with one attached hydrogen (secondary N) is 1. The van der Waals surface area contributed by atoms with Crippen molar-refractivity contribution in [3.8, 4) is 6.07 Å². The van der Waals surface area contributed by atoms with Crippen LogP contribution in [0.15, 0.2) is 54.1 Å². The summed E-state index contributed by atoms with van der Waals surface area (Å²) in [5.74, 6) is -0.392. The highest BCUT2D eigenvalue weighted by molar-refractivity contribution is 6.42. The van der Waals surface area contributed by atoms with Crippen LogP contribution in [0.1, 0.15) is 17.5 Å². The molecule has 0 bridgehead atoms. The lowest BCUT2D eigenvalue weighted by atomic mass is 10.1. The molecule has 3 nitrogen and oxygen atoms in total. The van der Waals surface area contributed by atoms with Crippen LogP contribution in [0.2, 0.25) is 10.0 Å². The number of hydrogen-bond donors (Lipinski definition) is 1. The van der Waals surface area contributed by atoms with Crippen molar-refractivity contribution in [1.82, 2.24) is 5.32 Å². The zero-order valence-corrected chi connectivity index (χ0v) is 14.4. The average Bonchev–Trinajstić information content (AvgIpc) is 2.60. The predicted molar refractivity (Wildman–Crippen MR) is 97.8 cm³/mol. The van der Waals surface area contributed by atoms with Gasteiger partial charge in [0.25, 0.3) is 5.91 Å². The van der Waals surface area contributed by atoms with E-state index in [1.54, 1.807) is 18.2 Å². The molecule has 0 aliphatic carbocycles. The Balaban J connectivity index is 1.90. The lowest BCUT2D eigenvalue weighted by molar-refractivity contribution is -0.117. The molecule has 122 valence electrons. The summed E-state index contributed by atoms with van der Waals surface area (Å²) < 4.78 is 0. The van der Waals surface area contributed by atoms with E-state index in [2.05, 4.69) is 5.32 Å². The first kappa shape index (κ1) is 18.1. The van der Waals surface area contributed by atoms with Crippen molar-refractivity contribution in [3.05, 3.63) is 75.3 Å². The number of aryl methyl sites for hydroxylation is 1. The van der Waals surface area contributed by atoms with Gasteiger partial charge >= 0.3 is 0 Å². The molecule has 1 N–H and O–H groups in total. The second-order valence-corrected chi connectivity index (χ2v) is 6.00. The topological polar surface area (TPSA) is 52.9 Å². The predicted octanol–water partition coefficient (Wildman–Crippen LogP) is 4.65. The molecule has 0 atom stereocenters. The molecule has 0 heterocycles. The summed E-state index contributed by atoms with van der Waals surface area (Å²) in [5.41, 5.74) is 1.91. The molecule has 0 aliphatic rings. The minimum atomic E-state index is -0.392. The number of carbonyl (C=O) groups is 1. The standard InChI is InChI=1S/C19H16Cl2N2O/c20-17-9-8-15(12-18(17)21)11-16(13-22)19(24)23-10-4-7-14-5-2-1-3-6-14/h1-3,5-6,8-9,11-12H,4,7,10H2,(H,23,24)/b16-11-. The molecule has 0 aromatic heterocycles. The summed E-state index contributed by atoms with van der Waals surface area (Å²) in [7, 11) is 0. The van der Waals surface area contributed by atoms with Crippen LogP contribution < -0.4 is 5.32 Å². The van der Waals surface area contributed by atoms with Crippen molar-refractivity contribution >= 4 is 35.2 Å². The van der Waals surface area contributed by atoms with Crippen LogP contribution >= 0.6 is 23.2 Å². The molecule has 0 unspecified atom stereocenters. The van der Waals surface area contributed by atoms with Gasteiger partial charge in [-0.05, 0) is 42.2 Å². The number of carbonyl (C=O) groups excluding carboxylic acids is 1. The summed E-state index contributed by atoms with van der Waals surface area (Å²) in [4.78, 5) is 12.1. The van der Waals surface area contributed by atoms with Crippen LogP contribution in [0.3, 0.4) is 0 Å². The molecule has 2 rings (SSSR count). The summed E-state index contributed by atoms with van der Waals surface area (Å²) >= 11 is 11.8. The number of benzene rings is 2. The van der Waals surface area contributed by atoms with E-state index < -0.39 is 5.91 Å². The van der Waals surface area contributed by atoms with Crippen molar-refractivity contribution in [2.45, 2.75) is 12.8 Å². The lowest BCUT2D eigenvalue weighted by Crippen LogP contribution is -2.25. The minimum Gasteiger partial charge on any atom is -0.351 e. The van der Waals surface area contributed by atoms with Gasteiger partial charge in [-0.15, -0.1) is 0 Å². The first-order valence-corrected chi connectivity index (χ1v) is 8.24. The van der Waals surface area contributed by atoms with E-state index in [1.165, 1.54) is 11.6 Å². The number of rotatable bonds is 6. The van der Waals surface area contributed by atoms with Crippen LogP contribution in [0.25, 0.3) is 6.08 Å². The summed E-state index contributed by atoms with van der Waals surface area (Å²) in [6.07, 6.45) is 3.18. The highest BCUT2D eigenvalue weighted by Gasteiger charge is 2.09. The molecule has 0 fully saturated rings. The van der Waals surface area contributed by atoms with Gasteiger partial charge in [0.15, 0.2) is 0 Å². The zero-order chi connectivity index (χ0) is 17.4. The Kier molecular flexibility index (Phi) is 6.87. The smallest absolute Gasteiger partial charge is 0.261 e. The Morgan fingerprint density at radius 1 is 1.12 bits per heavy atom. The molecule has 2 aromatic rings. The van der Waals surface area contributed by atoms with Gasteiger partial charge in [-0.1, -0.05) is 59.6 Å². The molecule has 2 aromatic carbocycles. The van der Waals surface area contributed by atoms with Crippen molar-refractivity contribution in [3.63, 3.8) is 0 Å². The van der Waals surface area contributed by atoms with Crippen molar-refractivity contribution in [2.75, 3.05) is 6.54 Å². The molecule has 0 saturated carbocycles. The first-order valence-electron chi connectivity index (χ1n) is 7.49. The van der Waals surface area contributed by atoms with Gasteiger partial charge in [-0.25, -0.2) is 0 Å². The number of hydrogen-bond acceptors (Lipinski definition) is 2. The van der Waals surface area contributed by atoms with E-state index in [-0.39, 0.29) is 5.57 Å². The number of nitriles is 1. The van der Waals surface area contributed by atoms with E-state index in [0.717, 1.165) is 12.8 Å². The van der Waals surface area contributed by atoms with Gasteiger partial charge in [0, 0.05) is 6.54 Å². The van der Waals surface area contributed by atoms with Gasteiger partial charge in [0.1, 0.15) is 11.6 Å². The van der Waals surface area contributed by atoms with E-state index in [9.17, 15) is 10.1 Å². The number of amides is 1. The Labute approximate surface area is 151 Å².